The highest BCUT2D eigenvalue weighted by molar-refractivity contribution is 7.10. The molecular weight excluding hydrogens is 280 g/mol. The Bertz CT molecular complexity index is 704. The Kier molecular flexibility index (Phi) is 3.44. The van der Waals surface area contributed by atoms with Crippen LogP contribution in [0.5, 0.6) is 0 Å². The standard InChI is InChI=1S/C14H9ClN2OS/c15-12-6-2-1-5-11(12)14-17-16-13(18-14)8-7-10-4-3-9-19-10/h1-9H/b8-7-. The maximum absolute atomic E-state index is 6.08. The molecule has 0 amide bonds. The lowest BCUT2D eigenvalue weighted by Crippen LogP contribution is -1.78. The summed E-state index contributed by atoms with van der Waals surface area (Å²) in [6, 6.07) is 11.4. The summed E-state index contributed by atoms with van der Waals surface area (Å²) in [5.41, 5.74) is 0.743. The Morgan fingerprint density at radius 2 is 1.95 bits per heavy atom. The lowest BCUT2D eigenvalue weighted by Gasteiger charge is -1.96. The fourth-order valence-electron chi connectivity index (χ4n) is 1.58. The number of aromatic nitrogens is 2. The molecule has 0 radical (unpaired) electrons. The molecule has 94 valence electrons. The monoisotopic (exact) mass is 288 g/mol. The van der Waals surface area contributed by atoms with Crippen LogP contribution in [0.2, 0.25) is 5.02 Å². The minimum absolute atomic E-state index is 0.427. The van der Waals surface area contributed by atoms with Crippen molar-refractivity contribution in [3.05, 3.63) is 57.6 Å². The van der Waals surface area contributed by atoms with Gasteiger partial charge in [-0.3, -0.25) is 0 Å². The van der Waals surface area contributed by atoms with Gasteiger partial charge in [-0.2, -0.15) is 0 Å². The molecule has 2 heterocycles. The maximum atomic E-state index is 6.08. The molecular formula is C14H9ClN2OS. The molecule has 3 rings (SSSR count). The zero-order valence-electron chi connectivity index (χ0n) is 9.79. The third-order valence-electron chi connectivity index (χ3n) is 2.48. The first kappa shape index (κ1) is 12.1. The van der Waals surface area contributed by atoms with Gasteiger partial charge in [0.2, 0.25) is 11.8 Å². The van der Waals surface area contributed by atoms with Gasteiger partial charge < -0.3 is 4.42 Å². The average Bonchev–Trinajstić information content (AvgIpc) is 3.08. The molecule has 0 aliphatic rings. The smallest absolute Gasteiger partial charge is 0.249 e. The molecule has 1 aromatic carbocycles. The molecule has 19 heavy (non-hydrogen) atoms. The van der Waals surface area contributed by atoms with Gasteiger partial charge in [0.15, 0.2) is 0 Å². The molecule has 3 nitrogen and oxygen atoms in total. The molecule has 0 saturated heterocycles. The molecule has 0 N–H and O–H groups in total. The van der Waals surface area contributed by atoms with Gasteiger partial charge in [-0.25, -0.2) is 0 Å². The lowest BCUT2D eigenvalue weighted by atomic mass is 10.2. The summed E-state index contributed by atoms with van der Waals surface area (Å²) in [4.78, 5) is 1.14. The maximum Gasteiger partial charge on any atom is 0.249 e. The van der Waals surface area contributed by atoms with Crippen molar-refractivity contribution >= 4 is 35.1 Å². The predicted octanol–water partition coefficient (Wildman–Crippen LogP) is 4.62. The van der Waals surface area contributed by atoms with Crippen LogP contribution in [0.4, 0.5) is 0 Å². The van der Waals surface area contributed by atoms with Crippen molar-refractivity contribution in [2.24, 2.45) is 0 Å². The van der Waals surface area contributed by atoms with Gasteiger partial charge in [-0.05, 0) is 29.7 Å². The van der Waals surface area contributed by atoms with E-state index < -0.39 is 0 Å². The summed E-state index contributed by atoms with van der Waals surface area (Å²) in [6.45, 7) is 0. The van der Waals surface area contributed by atoms with Gasteiger partial charge in [0.1, 0.15) is 0 Å². The van der Waals surface area contributed by atoms with E-state index in [1.54, 1.807) is 23.5 Å². The predicted molar refractivity (Wildman–Crippen MR) is 78.0 cm³/mol. The van der Waals surface area contributed by atoms with Crippen molar-refractivity contribution in [2.45, 2.75) is 0 Å². The van der Waals surface area contributed by atoms with Crippen LogP contribution in [0.15, 0.2) is 46.2 Å². The Labute approximate surface area is 119 Å². The SMILES string of the molecule is Clc1ccccc1-c1nnc(/C=C\c2cccs2)o1. The van der Waals surface area contributed by atoms with E-state index in [1.807, 2.05) is 41.8 Å². The molecule has 0 bridgehead atoms. The Morgan fingerprint density at radius 1 is 1.05 bits per heavy atom. The van der Waals surface area contributed by atoms with Crippen LogP contribution >= 0.6 is 22.9 Å². The fraction of sp³-hybridized carbons (Fsp3) is 0. The Hall–Kier alpha value is -1.91. The van der Waals surface area contributed by atoms with Crippen LogP contribution in [-0.2, 0) is 0 Å². The number of thiophene rings is 1. The first-order valence-corrected chi connectivity index (χ1v) is 6.89. The number of hydrogen-bond acceptors (Lipinski definition) is 4. The zero-order valence-corrected chi connectivity index (χ0v) is 11.4. The van der Waals surface area contributed by atoms with E-state index >= 15 is 0 Å². The van der Waals surface area contributed by atoms with Crippen LogP contribution in [0.25, 0.3) is 23.6 Å². The quantitative estimate of drug-likeness (QED) is 0.706. The van der Waals surface area contributed by atoms with Crippen molar-refractivity contribution in [1.29, 1.82) is 0 Å². The molecule has 0 aliphatic carbocycles. The minimum atomic E-state index is 0.427. The third-order valence-corrected chi connectivity index (χ3v) is 3.65. The summed E-state index contributed by atoms with van der Waals surface area (Å²) in [5, 5.41) is 10.6. The van der Waals surface area contributed by atoms with Gasteiger partial charge in [-0.1, -0.05) is 29.8 Å². The van der Waals surface area contributed by atoms with Crippen molar-refractivity contribution < 1.29 is 4.42 Å². The molecule has 0 atom stereocenters. The Morgan fingerprint density at radius 3 is 2.74 bits per heavy atom. The second-order valence-corrected chi connectivity index (χ2v) is 5.16. The second-order valence-electron chi connectivity index (χ2n) is 3.77. The third kappa shape index (κ3) is 2.75. The molecule has 0 spiro atoms. The number of benzene rings is 1. The first-order valence-electron chi connectivity index (χ1n) is 5.63. The van der Waals surface area contributed by atoms with Crippen molar-refractivity contribution in [1.82, 2.24) is 10.2 Å². The van der Waals surface area contributed by atoms with Crippen molar-refractivity contribution in [3.8, 4) is 11.5 Å². The van der Waals surface area contributed by atoms with Crippen LogP contribution in [0, 0.1) is 0 Å². The largest absolute Gasteiger partial charge is 0.417 e. The number of hydrogen-bond donors (Lipinski definition) is 0. The van der Waals surface area contributed by atoms with Gasteiger partial charge >= 0.3 is 0 Å². The summed E-state index contributed by atoms with van der Waals surface area (Å²) >= 11 is 7.73. The summed E-state index contributed by atoms with van der Waals surface area (Å²) in [7, 11) is 0. The number of rotatable bonds is 3. The average molecular weight is 289 g/mol. The molecule has 0 fully saturated rings. The van der Waals surface area contributed by atoms with Crippen LogP contribution in [0.3, 0.4) is 0 Å². The normalized spacial score (nSPS) is 11.2. The summed E-state index contributed by atoms with van der Waals surface area (Å²) in [6.07, 6.45) is 3.73. The van der Waals surface area contributed by atoms with E-state index in [0.29, 0.717) is 16.8 Å². The molecule has 2 aromatic heterocycles. The molecule has 5 heteroatoms. The van der Waals surface area contributed by atoms with E-state index in [0.717, 1.165) is 10.4 Å². The van der Waals surface area contributed by atoms with Gasteiger partial charge in [0, 0.05) is 11.0 Å². The second kappa shape index (κ2) is 5.38. The van der Waals surface area contributed by atoms with Crippen LogP contribution < -0.4 is 0 Å². The van der Waals surface area contributed by atoms with E-state index in [-0.39, 0.29) is 0 Å². The molecule has 0 saturated carbocycles. The number of halogens is 1. The van der Waals surface area contributed by atoms with Gasteiger partial charge in [0.25, 0.3) is 0 Å². The summed E-state index contributed by atoms with van der Waals surface area (Å²) in [5.74, 6) is 0.889. The molecule has 3 aromatic rings. The number of nitrogens with zero attached hydrogens (tertiary/aromatic N) is 2. The molecule has 0 aliphatic heterocycles. The molecule has 0 unspecified atom stereocenters. The first-order chi connectivity index (χ1) is 9.33. The van der Waals surface area contributed by atoms with Crippen LogP contribution in [0.1, 0.15) is 10.8 Å². The van der Waals surface area contributed by atoms with E-state index in [1.165, 1.54) is 0 Å². The lowest BCUT2D eigenvalue weighted by molar-refractivity contribution is 0.558. The minimum Gasteiger partial charge on any atom is -0.417 e. The van der Waals surface area contributed by atoms with Gasteiger partial charge in [0.05, 0.1) is 10.6 Å². The fourth-order valence-corrected chi connectivity index (χ4v) is 2.42. The van der Waals surface area contributed by atoms with E-state index in [9.17, 15) is 0 Å². The highest BCUT2D eigenvalue weighted by Gasteiger charge is 2.09. The summed E-state index contributed by atoms with van der Waals surface area (Å²) < 4.78 is 5.56. The highest BCUT2D eigenvalue weighted by Crippen LogP contribution is 2.26. The van der Waals surface area contributed by atoms with Crippen molar-refractivity contribution in [3.63, 3.8) is 0 Å². The van der Waals surface area contributed by atoms with Crippen molar-refractivity contribution in [2.75, 3.05) is 0 Å². The topological polar surface area (TPSA) is 38.9 Å². The Balaban J connectivity index is 1.86. The van der Waals surface area contributed by atoms with E-state index in [2.05, 4.69) is 10.2 Å². The van der Waals surface area contributed by atoms with Crippen LogP contribution in [-0.4, -0.2) is 10.2 Å². The van der Waals surface area contributed by atoms with Gasteiger partial charge in [-0.15, -0.1) is 21.5 Å². The zero-order chi connectivity index (χ0) is 13.1. The highest BCUT2D eigenvalue weighted by atomic mass is 35.5. The van der Waals surface area contributed by atoms with E-state index in [4.69, 9.17) is 16.0 Å².